The van der Waals surface area contributed by atoms with Crippen LogP contribution in [0.15, 0.2) is 36.4 Å². The standard InChI is InChI=1S/C27H30ClNO8/c1-15(26(32)33)35-22(30)13-21-25(31)29(14-27(2,3)4)20-9-8-17(28)12-19(20)24(36-21)18-7-5-6-16-10-11-34-37-23(16)18/h5-9,12,15,21,24H,10-11,13-14H2,1-4H3,(H,32,33)/t15-,21-,24-/m0/s1. The quantitative estimate of drug-likeness (QED) is 0.429. The van der Waals surface area contributed by atoms with Crippen LogP contribution in [0.1, 0.15) is 56.9 Å². The first kappa shape index (κ1) is 26.9. The summed E-state index contributed by atoms with van der Waals surface area (Å²) in [4.78, 5) is 50.1. The Kier molecular flexibility index (Phi) is 7.77. The summed E-state index contributed by atoms with van der Waals surface area (Å²) < 4.78 is 11.4. The van der Waals surface area contributed by atoms with Crippen LogP contribution in [0.3, 0.4) is 0 Å². The second-order valence-electron chi connectivity index (χ2n) is 10.4. The molecule has 0 saturated heterocycles. The van der Waals surface area contributed by atoms with Gasteiger partial charge in [0, 0.05) is 40.4 Å². The third-order valence-electron chi connectivity index (χ3n) is 6.05. The molecule has 0 spiro atoms. The van der Waals surface area contributed by atoms with E-state index in [1.165, 1.54) is 6.92 Å². The first-order valence-corrected chi connectivity index (χ1v) is 12.4. The van der Waals surface area contributed by atoms with Crippen molar-refractivity contribution in [3.05, 3.63) is 58.1 Å². The van der Waals surface area contributed by atoms with Gasteiger partial charge in [-0.3, -0.25) is 9.59 Å². The van der Waals surface area contributed by atoms with E-state index in [9.17, 15) is 14.4 Å². The fraction of sp³-hybridized carbons (Fsp3) is 0.444. The van der Waals surface area contributed by atoms with Crippen molar-refractivity contribution in [2.45, 2.75) is 58.8 Å². The molecule has 10 heteroatoms. The number of carbonyl (C=O) groups excluding carboxylic acids is 2. The lowest BCUT2D eigenvalue weighted by molar-refractivity contribution is -0.216. The van der Waals surface area contributed by atoms with Gasteiger partial charge in [-0.2, -0.15) is 4.89 Å². The summed E-state index contributed by atoms with van der Waals surface area (Å²) in [6, 6.07) is 10.8. The number of fused-ring (bicyclic) bond motifs is 2. The third-order valence-corrected chi connectivity index (χ3v) is 6.29. The van der Waals surface area contributed by atoms with E-state index in [4.69, 9.17) is 36.0 Å². The summed E-state index contributed by atoms with van der Waals surface area (Å²) in [7, 11) is 0. The van der Waals surface area contributed by atoms with Gasteiger partial charge in [-0.1, -0.05) is 50.6 Å². The number of amides is 1. The van der Waals surface area contributed by atoms with E-state index in [2.05, 4.69) is 0 Å². The van der Waals surface area contributed by atoms with Gasteiger partial charge >= 0.3 is 11.9 Å². The molecule has 2 aromatic rings. The van der Waals surface area contributed by atoms with Gasteiger partial charge in [-0.15, -0.1) is 0 Å². The zero-order chi connectivity index (χ0) is 26.9. The number of carboxylic acid groups (broad SMARTS) is 1. The summed E-state index contributed by atoms with van der Waals surface area (Å²) in [5, 5.41) is 9.58. The van der Waals surface area contributed by atoms with Crippen LogP contribution in [-0.4, -0.2) is 48.3 Å². The van der Waals surface area contributed by atoms with Crippen molar-refractivity contribution in [2.75, 3.05) is 18.1 Å². The number of carboxylic acids is 1. The molecule has 2 aliphatic rings. The summed E-state index contributed by atoms with van der Waals surface area (Å²) in [6.07, 6.45) is -3.29. The number of anilines is 1. The second-order valence-corrected chi connectivity index (χ2v) is 10.8. The molecule has 1 amide bonds. The van der Waals surface area contributed by atoms with Gasteiger partial charge in [0.25, 0.3) is 5.91 Å². The van der Waals surface area contributed by atoms with E-state index in [0.29, 0.717) is 47.2 Å². The lowest BCUT2D eigenvalue weighted by Gasteiger charge is -2.31. The molecule has 3 atom stereocenters. The summed E-state index contributed by atoms with van der Waals surface area (Å²) in [6.45, 7) is 7.97. The maximum Gasteiger partial charge on any atom is 0.344 e. The van der Waals surface area contributed by atoms with E-state index in [-0.39, 0.29) is 5.41 Å². The Hall–Kier alpha value is -3.14. The van der Waals surface area contributed by atoms with Gasteiger partial charge in [0.1, 0.15) is 12.2 Å². The molecule has 0 saturated carbocycles. The molecule has 0 unspecified atom stereocenters. The van der Waals surface area contributed by atoms with Crippen LogP contribution < -0.4 is 9.79 Å². The minimum absolute atomic E-state index is 0.294. The van der Waals surface area contributed by atoms with Crippen molar-refractivity contribution in [3.63, 3.8) is 0 Å². The normalized spacial score (nSPS) is 20.2. The van der Waals surface area contributed by atoms with Crippen LogP contribution in [0.25, 0.3) is 0 Å². The highest BCUT2D eigenvalue weighted by atomic mass is 35.5. The SMILES string of the molecule is C[C@H](OC(=O)C[C@@H]1O[C@@H](c2cccc3c2OOCC3)c2cc(Cl)ccc2N(CC(C)(C)C)C1=O)C(=O)O. The molecule has 1 N–H and O–H groups in total. The molecule has 0 aliphatic carbocycles. The van der Waals surface area contributed by atoms with Crippen LogP contribution in [0.5, 0.6) is 5.75 Å². The molecule has 4 rings (SSSR count). The summed E-state index contributed by atoms with van der Waals surface area (Å²) in [5.41, 5.74) is 2.46. The fourth-order valence-corrected chi connectivity index (χ4v) is 4.57. The molecule has 2 heterocycles. The van der Waals surface area contributed by atoms with E-state index in [1.807, 2.05) is 39.0 Å². The minimum atomic E-state index is -1.36. The van der Waals surface area contributed by atoms with Crippen molar-refractivity contribution in [1.82, 2.24) is 0 Å². The number of esters is 1. The number of ether oxygens (including phenoxy) is 2. The van der Waals surface area contributed by atoms with Gasteiger partial charge in [0.2, 0.25) is 0 Å². The predicted octanol–water partition coefficient (Wildman–Crippen LogP) is 4.48. The number of para-hydroxylation sites is 1. The third kappa shape index (κ3) is 6.06. The zero-order valence-corrected chi connectivity index (χ0v) is 21.9. The van der Waals surface area contributed by atoms with E-state index >= 15 is 0 Å². The molecule has 0 bridgehead atoms. The molecule has 37 heavy (non-hydrogen) atoms. The maximum absolute atomic E-state index is 13.9. The van der Waals surface area contributed by atoms with Crippen molar-refractivity contribution < 1.29 is 38.7 Å². The van der Waals surface area contributed by atoms with Gasteiger partial charge in [-0.05, 0) is 30.5 Å². The topological polar surface area (TPSA) is 112 Å². The predicted molar refractivity (Wildman–Crippen MR) is 135 cm³/mol. The van der Waals surface area contributed by atoms with Crippen molar-refractivity contribution in [1.29, 1.82) is 0 Å². The number of hydrogen-bond donors (Lipinski definition) is 1. The molecule has 2 aromatic carbocycles. The highest BCUT2D eigenvalue weighted by molar-refractivity contribution is 6.30. The molecule has 9 nitrogen and oxygen atoms in total. The number of halogens is 1. The number of rotatable bonds is 6. The van der Waals surface area contributed by atoms with E-state index < -0.39 is 42.6 Å². The zero-order valence-electron chi connectivity index (χ0n) is 21.2. The van der Waals surface area contributed by atoms with Crippen LogP contribution >= 0.6 is 11.6 Å². The van der Waals surface area contributed by atoms with Crippen LogP contribution in [0.2, 0.25) is 5.02 Å². The molecule has 0 aromatic heterocycles. The Labute approximate surface area is 220 Å². The van der Waals surface area contributed by atoms with E-state index in [1.54, 1.807) is 23.1 Å². The first-order chi connectivity index (χ1) is 17.4. The number of nitrogens with zero attached hydrogens (tertiary/aromatic N) is 1. The van der Waals surface area contributed by atoms with Gasteiger partial charge in [0.15, 0.2) is 11.9 Å². The lowest BCUT2D eigenvalue weighted by atomic mass is 9.93. The largest absolute Gasteiger partial charge is 0.479 e. The van der Waals surface area contributed by atoms with E-state index in [0.717, 1.165) is 5.56 Å². The molecule has 198 valence electrons. The average molecular weight is 532 g/mol. The monoisotopic (exact) mass is 531 g/mol. The van der Waals surface area contributed by atoms with Crippen LogP contribution in [-0.2, 0) is 35.2 Å². The Morgan fingerprint density at radius 3 is 2.68 bits per heavy atom. The van der Waals surface area contributed by atoms with Crippen molar-refractivity contribution in [3.8, 4) is 5.75 Å². The highest BCUT2D eigenvalue weighted by Gasteiger charge is 2.41. The number of aliphatic carboxylic acids is 1. The number of hydrogen-bond acceptors (Lipinski definition) is 7. The Balaban J connectivity index is 1.82. The molecular formula is C27H30ClNO8. The summed E-state index contributed by atoms with van der Waals surface area (Å²) >= 11 is 6.41. The molecule has 2 aliphatic heterocycles. The fourth-order valence-electron chi connectivity index (χ4n) is 4.39. The van der Waals surface area contributed by atoms with Gasteiger partial charge < -0.3 is 24.4 Å². The van der Waals surface area contributed by atoms with Crippen LogP contribution in [0.4, 0.5) is 5.69 Å². The van der Waals surface area contributed by atoms with Crippen LogP contribution in [0, 0.1) is 5.41 Å². The minimum Gasteiger partial charge on any atom is -0.479 e. The van der Waals surface area contributed by atoms with Crippen molar-refractivity contribution in [2.24, 2.45) is 5.41 Å². The highest BCUT2D eigenvalue weighted by Crippen LogP contribution is 2.44. The molecule has 0 radical (unpaired) electrons. The Bertz CT molecular complexity index is 1210. The molecular weight excluding hydrogens is 502 g/mol. The Morgan fingerprint density at radius 2 is 1.97 bits per heavy atom. The average Bonchev–Trinajstić information content (AvgIpc) is 2.93. The van der Waals surface area contributed by atoms with Crippen molar-refractivity contribution >= 4 is 35.1 Å². The number of carbonyl (C=O) groups is 3. The smallest absolute Gasteiger partial charge is 0.344 e. The second kappa shape index (κ2) is 10.7. The van der Waals surface area contributed by atoms with Gasteiger partial charge in [-0.25, -0.2) is 4.79 Å². The Morgan fingerprint density at radius 1 is 1.22 bits per heavy atom. The summed E-state index contributed by atoms with van der Waals surface area (Å²) in [5.74, 6) is -2.10. The first-order valence-electron chi connectivity index (χ1n) is 12.0. The van der Waals surface area contributed by atoms with Gasteiger partial charge in [0.05, 0.1) is 13.0 Å². The molecule has 0 fully saturated rings. The maximum atomic E-state index is 13.9. The lowest BCUT2D eigenvalue weighted by Crippen LogP contribution is -2.44. The number of benzene rings is 2.